The van der Waals surface area contributed by atoms with Gasteiger partial charge < -0.3 is 11.1 Å². The summed E-state index contributed by atoms with van der Waals surface area (Å²) in [5.74, 6) is 0.537. The fourth-order valence-electron chi connectivity index (χ4n) is 1.50. The second kappa shape index (κ2) is 5.29. The van der Waals surface area contributed by atoms with Gasteiger partial charge in [-0.15, -0.1) is 0 Å². The molecule has 92 valence electrons. The number of benzene rings is 1. The molecule has 0 amide bonds. The van der Waals surface area contributed by atoms with Crippen LogP contribution in [0.4, 0.5) is 11.5 Å². The maximum Gasteiger partial charge on any atom is 0.159 e. The Kier molecular flexibility index (Phi) is 3.74. The van der Waals surface area contributed by atoms with E-state index in [1.165, 1.54) is 0 Å². The minimum atomic E-state index is 0.206. The van der Waals surface area contributed by atoms with Crippen molar-refractivity contribution in [2.75, 3.05) is 5.32 Å². The van der Waals surface area contributed by atoms with Crippen LogP contribution < -0.4 is 11.1 Å². The van der Waals surface area contributed by atoms with E-state index >= 15 is 0 Å². The molecule has 0 aliphatic heterocycles. The van der Waals surface area contributed by atoms with Gasteiger partial charge in [0.25, 0.3) is 0 Å². The summed E-state index contributed by atoms with van der Waals surface area (Å²) in [6, 6.07) is 5.53. The third-order valence-corrected chi connectivity index (χ3v) is 2.80. The number of aromatic nitrogens is 2. The largest absolute Gasteiger partial charge is 0.388 e. The molecule has 0 saturated heterocycles. The van der Waals surface area contributed by atoms with Crippen LogP contribution in [0, 0.1) is 6.92 Å². The van der Waals surface area contributed by atoms with Crippen molar-refractivity contribution in [2.24, 2.45) is 5.73 Å². The first-order valence-corrected chi connectivity index (χ1v) is 6.00. The van der Waals surface area contributed by atoms with E-state index in [-0.39, 0.29) is 4.99 Å². The monoisotopic (exact) mass is 278 g/mol. The molecule has 0 spiro atoms. The van der Waals surface area contributed by atoms with E-state index in [1.54, 1.807) is 18.5 Å². The van der Waals surface area contributed by atoms with E-state index in [2.05, 4.69) is 15.3 Å². The van der Waals surface area contributed by atoms with Crippen LogP contribution >= 0.6 is 23.8 Å². The Bertz CT molecular complexity index is 600. The summed E-state index contributed by atoms with van der Waals surface area (Å²) in [5.41, 5.74) is 7.96. The van der Waals surface area contributed by atoms with E-state index in [0.717, 1.165) is 11.3 Å². The molecular weight excluding hydrogens is 268 g/mol. The number of thiocarbonyl (C=S) groups is 1. The predicted molar refractivity (Wildman–Crippen MR) is 77.4 cm³/mol. The third kappa shape index (κ3) is 2.75. The van der Waals surface area contributed by atoms with Crippen molar-refractivity contribution in [1.82, 2.24) is 9.97 Å². The molecule has 6 heteroatoms. The molecule has 1 aromatic carbocycles. The lowest BCUT2D eigenvalue weighted by Gasteiger charge is -2.11. The van der Waals surface area contributed by atoms with Crippen molar-refractivity contribution < 1.29 is 0 Å². The fraction of sp³-hybridized carbons (Fsp3) is 0.0833. The number of anilines is 2. The highest BCUT2D eigenvalue weighted by molar-refractivity contribution is 7.80. The zero-order chi connectivity index (χ0) is 13.1. The minimum absolute atomic E-state index is 0.206. The van der Waals surface area contributed by atoms with E-state index in [0.29, 0.717) is 16.5 Å². The lowest BCUT2D eigenvalue weighted by Crippen LogP contribution is -2.15. The molecule has 0 atom stereocenters. The van der Waals surface area contributed by atoms with Gasteiger partial charge in [0.2, 0.25) is 0 Å². The second-order valence-electron chi connectivity index (χ2n) is 3.70. The minimum Gasteiger partial charge on any atom is -0.388 e. The molecular formula is C12H11ClN4S. The molecule has 0 radical (unpaired) electrons. The normalized spacial score (nSPS) is 10.1. The second-order valence-corrected chi connectivity index (χ2v) is 4.58. The van der Waals surface area contributed by atoms with Gasteiger partial charge in [0.05, 0.1) is 0 Å². The summed E-state index contributed by atoms with van der Waals surface area (Å²) in [7, 11) is 0. The van der Waals surface area contributed by atoms with Gasteiger partial charge in [-0.2, -0.15) is 0 Å². The van der Waals surface area contributed by atoms with Gasteiger partial charge in [0.1, 0.15) is 10.7 Å². The zero-order valence-corrected chi connectivity index (χ0v) is 11.2. The Labute approximate surface area is 115 Å². The van der Waals surface area contributed by atoms with Crippen LogP contribution in [-0.2, 0) is 0 Å². The number of halogens is 1. The predicted octanol–water partition coefficient (Wildman–Crippen LogP) is 2.82. The van der Waals surface area contributed by atoms with Crippen LogP contribution in [0.15, 0.2) is 30.6 Å². The molecule has 2 rings (SSSR count). The molecule has 3 N–H and O–H groups in total. The third-order valence-electron chi connectivity index (χ3n) is 2.37. The summed E-state index contributed by atoms with van der Waals surface area (Å²) in [6.07, 6.45) is 3.13. The van der Waals surface area contributed by atoms with E-state index in [4.69, 9.17) is 29.6 Å². The Hall–Kier alpha value is -1.72. The first-order chi connectivity index (χ1) is 8.58. The lowest BCUT2D eigenvalue weighted by molar-refractivity contribution is 1.17. The van der Waals surface area contributed by atoms with E-state index < -0.39 is 0 Å². The van der Waals surface area contributed by atoms with E-state index in [1.807, 2.05) is 19.1 Å². The number of aryl methyl sites for hydroxylation is 1. The Balaban J connectivity index is 2.37. The van der Waals surface area contributed by atoms with Crippen molar-refractivity contribution >= 4 is 40.3 Å². The molecule has 2 aromatic rings. The van der Waals surface area contributed by atoms with Crippen molar-refractivity contribution in [3.63, 3.8) is 0 Å². The number of hydrogen-bond acceptors (Lipinski definition) is 4. The molecule has 0 bridgehead atoms. The summed E-state index contributed by atoms with van der Waals surface area (Å²) < 4.78 is 0. The standard InChI is InChI=1S/C12H11ClN4S/c1-7-6-8(13)2-3-9(7)17-12-10(11(14)18)15-4-5-16-12/h2-6H,1H3,(H2,14,18)(H,16,17). The Morgan fingerprint density at radius 3 is 2.72 bits per heavy atom. The molecule has 0 unspecified atom stereocenters. The number of nitrogens with two attached hydrogens (primary N) is 1. The topological polar surface area (TPSA) is 63.8 Å². The van der Waals surface area contributed by atoms with Gasteiger partial charge in [-0.25, -0.2) is 9.97 Å². The van der Waals surface area contributed by atoms with Gasteiger partial charge in [-0.05, 0) is 30.7 Å². The van der Waals surface area contributed by atoms with Crippen LogP contribution in [0.3, 0.4) is 0 Å². The van der Waals surface area contributed by atoms with Crippen molar-refractivity contribution in [3.05, 3.63) is 46.9 Å². The highest BCUT2D eigenvalue weighted by atomic mass is 35.5. The highest BCUT2D eigenvalue weighted by Gasteiger charge is 2.09. The number of hydrogen-bond donors (Lipinski definition) is 2. The van der Waals surface area contributed by atoms with E-state index in [9.17, 15) is 0 Å². The van der Waals surface area contributed by atoms with Crippen LogP contribution in [0.5, 0.6) is 0 Å². The number of nitrogens with one attached hydrogen (secondary N) is 1. The Morgan fingerprint density at radius 1 is 1.33 bits per heavy atom. The van der Waals surface area contributed by atoms with Crippen LogP contribution in [0.2, 0.25) is 5.02 Å². The first kappa shape index (κ1) is 12.7. The molecule has 18 heavy (non-hydrogen) atoms. The summed E-state index contributed by atoms with van der Waals surface area (Å²) in [6.45, 7) is 1.95. The van der Waals surface area contributed by atoms with Crippen LogP contribution in [-0.4, -0.2) is 15.0 Å². The maximum atomic E-state index is 5.91. The SMILES string of the molecule is Cc1cc(Cl)ccc1Nc1nccnc1C(N)=S. The first-order valence-electron chi connectivity index (χ1n) is 5.22. The molecule has 0 aliphatic rings. The van der Waals surface area contributed by atoms with Gasteiger partial charge in [-0.1, -0.05) is 23.8 Å². The molecule has 1 heterocycles. The maximum absolute atomic E-state index is 5.91. The summed E-state index contributed by atoms with van der Waals surface area (Å²) in [5, 5.41) is 3.84. The molecule has 1 aromatic heterocycles. The summed E-state index contributed by atoms with van der Waals surface area (Å²) >= 11 is 10.8. The van der Waals surface area contributed by atoms with Gasteiger partial charge in [0.15, 0.2) is 5.82 Å². The average Bonchev–Trinajstić information content (AvgIpc) is 2.33. The highest BCUT2D eigenvalue weighted by Crippen LogP contribution is 2.23. The molecule has 0 fully saturated rings. The van der Waals surface area contributed by atoms with Gasteiger partial charge in [0, 0.05) is 23.1 Å². The van der Waals surface area contributed by atoms with Crippen LogP contribution in [0.25, 0.3) is 0 Å². The van der Waals surface area contributed by atoms with Gasteiger partial charge in [-0.3, -0.25) is 0 Å². The molecule has 0 saturated carbocycles. The number of rotatable bonds is 3. The quantitative estimate of drug-likeness (QED) is 0.845. The summed E-state index contributed by atoms with van der Waals surface area (Å²) in [4.78, 5) is 8.49. The van der Waals surface area contributed by atoms with Crippen molar-refractivity contribution in [2.45, 2.75) is 6.92 Å². The number of nitrogens with zero attached hydrogens (tertiary/aromatic N) is 2. The smallest absolute Gasteiger partial charge is 0.159 e. The van der Waals surface area contributed by atoms with Crippen LogP contribution in [0.1, 0.15) is 11.3 Å². The fourth-order valence-corrected chi connectivity index (χ4v) is 1.88. The zero-order valence-electron chi connectivity index (χ0n) is 9.64. The average molecular weight is 279 g/mol. The van der Waals surface area contributed by atoms with Crippen molar-refractivity contribution in [3.8, 4) is 0 Å². The van der Waals surface area contributed by atoms with Crippen molar-refractivity contribution in [1.29, 1.82) is 0 Å². The Morgan fingerprint density at radius 2 is 2.06 bits per heavy atom. The van der Waals surface area contributed by atoms with Gasteiger partial charge >= 0.3 is 0 Å². The molecule has 4 nitrogen and oxygen atoms in total. The molecule has 0 aliphatic carbocycles. The lowest BCUT2D eigenvalue weighted by atomic mass is 10.2.